The number of amides is 1. The van der Waals surface area contributed by atoms with Gasteiger partial charge < -0.3 is 0 Å². The van der Waals surface area contributed by atoms with Gasteiger partial charge in [0.05, 0.1) is 4.90 Å². The lowest BCUT2D eigenvalue weighted by atomic mass is 10.3. The van der Waals surface area contributed by atoms with Crippen LogP contribution < -0.4 is 10.1 Å². The molecule has 120 valence electrons. The molecule has 8 heteroatoms. The normalized spacial score (nSPS) is 14.9. The SMILES string of the molecule is O=C(CCNS(=O)(=O)c1ccc(Cl)cc1)NN=C1CCCC1. The van der Waals surface area contributed by atoms with Gasteiger partial charge >= 0.3 is 0 Å². The Morgan fingerprint density at radius 2 is 1.82 bits per heavy atom. The van der Waals surface area contributed by atoms with Gasteiger partial charge in [-0.3, -0.25) is 4.79 Å². The Bertz CT molecular complexity index is 648. The molecule has 0 saturated heterocycles. The van der Waals surface area contributed by atoms with Crippen molar-refractivity contribution in [2.75, 3.05) is 6.54 Å². The smallest absolute Gasteiger partial charge is 0.241 e. The number of sulfonamides is 1. The van der Waals surface area contributed by atoms with Gasteiger partial charge in [-0.05, 0) is 49.9 Å². The molecule has 1 aromatic carbocycles. The number of benzene rings is 1. The summed E-state index contributed by atoms with van der Waals surface area (Å²) in [6.07, 6.45) is 4.09. The molecule has 0 aliphatic heterocycles. The van der Waals surface area contributed by atoms with E-state index in [4.69, 9.17) is 11.6 Å². The van der Waals surface area contributed by atoms with E-state index in [0.717, 1.165) is 31.4 Å². The lowest BCUT2D eigenvalue weighted by molar-refractivity contribution is -0.120. The summed E-state index contributed by atoms with van der Waals surface area (Å²) in [5, 5.41) is 4.49. The van der Waals surface area contributed by atoms with E-state index in [2.05, 4.69) is 15.2 Å². The first-order chi connectivity index (χ1) is 10.5. The first-order valence-corrected chi connectivity index (χ1v) is 8.93. The van der Waals surface area contributed by atoms with Crippen LogP contribution in [0.25, 0.3) is 0 Å². The Balaban J connectivity index is 1.78. The Labute approximate surface area is 135 Å². The van der Waals surface area contributed by atoms with Crippen molar-refractivity contribution in [1.82, 2.24) is 10.1 Å². The van der Waals surface area contributed by atoms with Gasteiger partial charge in [0.2, 0.25) is 15.9 Å². The van der Waals surface area contributed by atoms with Gasteiger partial charge in [0.15, 0.2) is 0 Å². The van der Waals surface area contributed by atoms with E-state index < -0.39 is 10.0 Å². The second-order valence-electron chi connectivity index (χ2n) is 5.02. The number of nitrogens with zero attached hydrogens (tertiary/aromatic N) is 1. The van der Waals surface area contributed by atoms with Gasteiger partial charge in [0, 0.05) is 23.7 Å². The zero-order valence-electron chi connectivity index (χ0n) is 12.0. The van der Waals surface area contributed by atoms with Crippen LogP contribution in [-0.2, 0) is 14.8 Å². The van der Waals surface area contributed by atoms with E-state index in [1.807, 2.05) is 0 Å². The van der Waals surface area contributed by atoms with Gasteiger partial charge in [0.1, 0.15) is 0 Å². The van der Waals surface area contributed by atoms with Gasteiger partial charge in [-0.2, -0.15) is 5.10 Å². The highest BCUT2D eigenvalue weighted by Gasteiger charge is 2.14. The van der Waals surface area contributed by atoms with E-state index in [9.17, 15) is 13.2 Å². The second-order valence-corrected chi connectivity index (χ2v) is 7.23. The molecule has 0 heterocycles. The summed E-state index contributed by atoms with van der Waals surface area (Å²) in [5.41, 5.74) is 3.45. The predicted octanol–water partition coefficient (Wildman–Crippen LogP) is 2.05. The van der Waals surface area contributed by atoms with E-state index in [-0.39, 0.29) is 23.8 Å². The van der Waals surface area contributed by atoms with E-state index >= 15 is 0 Å². The first kappa shape index (κ1) is 16.9. The van der Waals surface area contributed by atoms with Crippen molar-refractivity contribution in [3.05, 3.63) is 29.3 Å². The third-order valence-electron chi connectivity index (χ3n) is 3.29. The Morgan fingerprint density at radius 3 is 2.45 bits per heavy atom. The van der Waals surface area contributed by atoms with E-state index in [1.54, 1.807) is 0 Å². The molecule has 6 nitrogen and oxygen atoms in total. The standard InChI is InChI=1S/C14H18ClN3O3S/c15-11-5-7-13(8-6-11)22(20,21)16-10-9-14(19)18-17-12-3-1-2-4-12/h5-8,16H,1-4,9-10H2,(H,18,19). The van der Waals surface area contributed by atoms with Crippen molar-refractivity contribution in [3.63, 3.8) is 0 Å². The zero-order chi connectivity index (χ0) is 16.0. The number of hydrogen-bond donors (Lipinski definition) is 2. The first-order valence-electron chi connectivity index (χ1n) is 7.07. The molecule has 1 amide bonds. The third-order valence-corrected chi connectivity index (χ3v) is 5.02. The summed E-state index contributed by atoms with van der Waals surface area (Å²) in [6.45, 7) is 0.0155. The van der Waals surface area contributed by atoms with Crippen molar-refractivity contribution in [2.45, 2.75) is 37.0 Å². The maximum absolute atomic E-state index is 12.0. The lowest BCUT2D eigenvalue weighted by Crippen LogP contribution is -2.29. The molecular formula is C14H18ClN3O3S. The molecular weight excluding hydrogens is 326 g/mol. The minimum atomic E-state index is -3.63. The highest BCUT2D eigenvalue weighted by Crippen LogP contribution is 2.14. The summed E-state index contributed by atoms with van der Waals surface area (Å²) in [6, 6.07) is 5.83. The molecule has 1 aliphatic carbocycles. The molecule has 1 aliphatic rings. The van der Waals surface area contributed by atoms with E-state index in [0.29, 0.717) is 5.02 Å². The maximum atomic E-state index is 12.0. The lowest BCUT2D eigenvalue weighted by Gasteiger charge is -2.06. The van der Waals surface area contributed by atoms with E-state index in [1.165, 1.54) is 24.3 Å². The molecule has 0 bridgehead atoms. The minimum absolute atomic E-state index is 0.0155. The van der Waals surface area contributed by atoms with Crippen LogP contribution in [0.4, 0.5) is 0 Å². The molecule has 22 heavy (non-hydrogen) atoms. The molecule has 2 rings (SSSR count). The number of carbonyl (C=O) groups excluding carboxylic acids is 1. The predicted molar refractivity (Wildman–Crippen MR) is 85.3 cm³/mol. The second kappa shape index (κ2) is 7.71. The number of carbonyl (C=O) groups is 1. The molecule has 1 saturated carbocycles. The van der Waals surface area contributed by atoms with Gasteiger partial charge in [-0.15, -0.1) is 0 Å². The van der Waals surface area contributed by atoms with Crippen LogP contribution in [0.5, 0.6) is 0 Å². The molecule has 1 aromatic rings. The Hall–Kier alpha value is -1.44. The summed E-state index contributed by atoms with van der Waals surface area (Å²) < 4.78 is 26.3. The quantitative estimate of drug-likeness (QED) is 0.775. The van der Waals surface area contributed by atoms with Crippen molar-refractivity contribution < 1.29 is 13.2 Å². The monoisotopic (exact) mass is 343 g/mol. The number of nitrogens with one attached hydrogen (secondary N) is 2. The maximum Gasteiger partial charge on any atom is 0.241 e. The van der Waals surface area contributed by atoms with Crippen LogP contribution in [-0.4, -0.2) is 26.6 Å². The fourth-order valence-electron chi connectivity index (χ4n) is 2.09. The van der Waals surface area contributed by atoms with Crippen molar-refractivity contribution in [1.29, 1.82) is 0 Å². The number of hydrogen-bond acceptors (Lipinski definition) is 4. The summed E-state index contributed by atoms with van der Waals surface area (Å²) in [4.78, 5) is 11.7. The molecule has 1 fully saturated rings. The number of rotatable bonds is 6. The van der Waals surface area contributed by atoms with Gasteiger partial charge in [0.25, 0.3) is 0 Å². The van der Waals surface area contributed by atoms with Gasteiger partial charge in [-0.25, -0.2) is 18.6 Å². The average molecular weight is 344 g/mol. The van der Waals surface area contributed by atoms with Crippen LogP contribution in [0.15, 0.2) is 34.3 Å². The van der Waals surface area contributed by atoms with Crippen LogP contribution in [0.3, 0.4) is 0 Å². The largest absolute Gasteiger partial charge is 0.273 e. The van der Waals surface area contributed by atoms with Crippen LogP contribution in [0.2, 0.25) is 5.02 Å². The summed E-state index contributed by atoms with van der Waals surface area (Å²) in [7, 11) is -3.63. The zero-order valence-corrected chi connectivity index (χ0v) is 13.6. The average Bonchev–Trinajstić information content (AvgIpc) is 2.99. The Kier molecular flexibility index (Phi) is 5.93. The highest BCUT2D eigenvalue weighted by atomic mass is 35.5. The molecule has 0 spiro atoms. The van der Waals surface area contributed by atoms with Crippen molar-refractivity contribution >= 4 is 33.2 Å². The van der Waals surface area contributed by atoms with Crippen molar-refractivity contribution in [3.8, 4) is 0 Å². The fraction of sp³-hybridized carbons (Fsp3) is 0.429. The Morgan fingerprint density at radius 1 is 1.18 bits per heavy atom. The topological polar surface area (TPSA) is 87.6 Å². The summed E-state index contributed by atoms with van der Waals surface area (Å²) >= 11 is 5.72. The molecule has 2 N–H and O–H groups in total. The molecule has 0 aromatic heterocycles. The van der Waals surface area contributed by atoms with Crippen LogP contribution >= 0.6 is 11.6 Å². The number of hydrazone groups is 1. The van der Waals surface area contributed by atoms with Crippen LogP contribution in [0.1, 0.15) is 32.1 Å². The highest BCUT2D eigenvalue weighted by molar-refractivity contribution is 7.89. The molecule has 0 unspecified atom stereocenters. The minimum Gasteiger partial charge on any atom is -0.273 e. The van der Waals surface area contributed by atoms with Crippen molar-refractivity contribution in [2.24, 2.45) is 5.10 Å². The molecule has 0 radical (unpaired) electrons. The fourth-order valence-corrected chi connectivity index (χ4v) is 3.25. The summed E-state index contributed by atoms with van der Waals surface area (Å²) in [5.74, 6) is -0.307. The van der Waals surface area contributed by atoms with Gasteiger partial charge in [-0.1, -0.05) is 11.6 Å². The van der Waals surface area contributed by atoms with Crippen LogP contribution in [0, 0.1) is 0 Å². The molecule has 0 atom stereocenters. The number of halogens is 1. The third kappa shape index (κ3) is 5.08.